The molecule has 0 aromatic heterocycles. The predicted octanol–water partition coefficient (Wildman–Crippen LogP) is 1.81. The Bertz CT molecular complexity index is 387. The summed E-state index contributed by atoms with van der Waals surface area (Å²) in [5.41, 5.74) is 7.70. The van der Waals surface area contributed by atoms with E-state index in [4.69, 9.17) is 5.73 Å². The van der Waals surface area contributed by atoms with Gasteiger partial charge in [-0.25, -0.2) is 4.39 Å². The molecule has 1 aromatic carbocycles. The molecular formula is C13H19FN2O. The van der Waals surface area contributed by atoms with Crippen molar-refractivity contribution in [2.45, 2.75) is 31.9 Å². The van der Waals surface area contributed by atoms with Crippen LogP contribution in [0.3, 0.4) is 0 Å². The predicted molar refractivity (Wildman–Crippen MR) is 66.5 cm³/mol. The van der Waals surface area contributed by atoms with Gasteiger partial charge in [0.2, 0.25) is 0 Å². The van der Waals surface area contributed by atoms with Crippen LogP contribution in [0.1, 0.15) is 31.4 Å². The average molecular weight is 238 g/mol. The second-order valence-electron chi connectivity index (χ2n) is 4.71. The van der Waals surface area contributed by atoms with Gasteiger partial charge >= 0.3 is 0 Å². The number of hydrogen-bond donors (Lipinski definition) is 2. The van der Waals surface area contributed by atoms with Gasteiger partial charge in [-0.1, -0.05) is 0 Å². The first-order valence-electron chi connectivity index (χ1n) is 6.06. The van der Waals surface area contributed by atoms with Crippen LogP contribution >= 0.6 is 0 Å². The summed E-state index contributed by atoms with van der Waals surface area (Å²) in [5, 5.41) is 9.49. The number of benzene rings is 1. The third-order valence-corrected chi connectivity index (χ3v) is 3.29. The maximum atomic E-state index is 13.2. The van der Waals surface area contributed by atoms with Gasteiger partial charge in [0, 0.05) is 24.8 Å². The van der Waals surface area contributed by atoms with Crippen molar-refractivity contribution in [3.63, 3.8) is 0 Å². The Labute approximate surface area is 101 Å². The van der Waals surface area contributed by atoms with Crippen molar-refractivity contribution in [3.8, 4) is 0 Å². The first-order chi connectivity index (χ1) is 8.08. The second kappa shape index (κ2) is 5.02. The Hall–Kier alpha value is -1.13. The molecule has 0 aliphatic carbocycles. The van der Waals surface area contributed by atoms with E-state index in [1.54, 1.807) is 6.07 Å². The quantitative estimate of drug-likeness (QED) is 0.826. The molecule has 1 aromatic rings. The molecule has 3 nitrogen and oxygen atoms in total. The van der Waals surface area contributed by atoms with Crippen LogP contribution < -0.4 is 10.6 Å². The summed E-state index contributed by atoms with van der Waals surface area (Å²) in [6.45, 7) is 3.45. The van der Waals surface area contributed by atoms with Crippen LogP contribution in [0.2, 0.25) is 0 Å². The Morgan fingerprint density at radius 2 is 2.06 bits per heavy atom. The first-order valence-corrected chi connectivity index (χ1v) is 6.06. The Morgan fingerprint density at radius 1 is 1.41 bits per heavy atom. The lowest BCUT2D eigenvalue weighted by molar-refractivity contribution is 0.145. The molecule has 17 heavy (non-hydrogen) atoms. The van der Waals surface area contributed by atoms with Gasteiger partial charge in [0.05, 0.1) is 6.10 Å². The van der Waals surface area contributed by atoms with Crippen LogP contribution in [0.25, 0.3) is 0 Å². The average Bonchev–Trinajstić information content (AvgIpc) is 2.30. The highest BCUT2D eigenvalue weighted by atomic mass is 19.1. The van der Waals surface area contributed by atoms with Gasteiger partial charge in [0.25, 0.3) is 0 Å². The fourth-order valence-corrected chi connectivity index (χ4v) is 2.28. The van der Waals surface area contributed by atoms with E-state index in [0.717, 1.165) is 37.2 Å². The smallest absolute Gasteiger partial charge is 0.123 e. The molecule has 0 radical (unpaired) electrons. The zero-order chi connectivity index (χ0) is 12.4. The molecule has 1 unspecified atom stereocenters. The topological polar surface area (TPSA) is 49.5 Å². The number of halogens is 1. The minimum Gasteiger partial charge on any atom is -0.393 e. The maximum Gasteiger partial charge on any atom is 0.123 e. The summed E-state index contributed by atoms with van der Waals surface area (Å²) in [6, 6.07) is 4.57. The molecule has 0 bridgehead atoms. The normalized spacial score (nSPS) is 19.4. The third-order valence-electron chi connectivity index (χ3n) is 3.29. The molecule has 1 fully saturated rings. The number of hydrogen-bond acceptors (Lipinski definition) is 3. The van der Waals surface area contributed by atoms with Crippen molar-refractivity contribution in [1.29, 1.82) is 0 Å². The maximum absolute atomic E-state index is 13.2. The minimum absolute atomic E-state index is 0.187. The van der Waals surface area contributed by atoms with Gasteiger partial charge in [-0.05, 0) is 43.5 Å². The Kier molecular flexibility index (Phi) is 3.64. The van der Waals surface area contributed by atoms with E-state index in [2.05, 4.69) is 4.90 Å². The van der Waals surface area contributed by atoms with Crippen molar-refractivity contribution < 1.29 is 9.50 Å². The lowest BCUT2D eigenvalue weighted by Gasteiger charge is -2.33. The molecule has 1 atom stereocenters. The summed E-state index contributed by atoms with van der Waals surface area (Å²) in [4.78, 5) is 2.17. The summed E-state index contributed by atoms with van der Waals surface area (Å²) < 4.78 is 13.2. The van der Waals surface area contributed by atoms with Gasteiger partial charge < -0.3 is 15.7 Å². The number of nitrogens with two attached hydrogens (primary N) is 1. The molecular weight excluding hydrogens is 219 g/mol. The molecule has 4 heteroatoms. The molecule has 1 saturated heterocycles. The van der Waals surface area contributed by atoms with Crippen molar-refractivity contribution in [1.82, 2.24) is 0 Å². The summed E-state index contributed by atoms with van der Waals surface area (Å²) in [7, 11) is 0. The standard InChI is InChI=1S/C13H19FN2O/c1-9(15)12-8-10(14)2-3-13(12)16-6-4-11(17)5-7-16/h2-3,8-9,11,17H,4-7,15H2,1H3. The van der Waals surface area contributed by atoms with E-state index in [0.29, 0.717) is 0 Å². The second-order valence-corrected chi connectivity index (χ2v) is 4.71. The third kappa shape index (κ3) is 2.76. The molecule has 1 aliphatic heterocycles. The van der Waals surface area contributed by atoms with Gasteiger partial charge in [-0.15, -0.1) is 0 Å². The van der Waals surface area contributed by atoms with Crippen LogP contribution in [-0.2, 0) is 0 Å². The van der Waals surface area contributed by atoms with E-state index in [1.807, 2.05) is 6.92 Å². The minimum atomic E-state index is -0.252. The molecule has 94 valence electrons. The highest BCUT2D eigenvalue weighted by Crippen LogP contribution is 2.28. The Balaban J connectivity index is 2.25. The molecule has 0 amide bonds. The summed E-state index contributed by atoms with van der Waals surface area (Å²) >= 11 is 0. The SMILES string of the molecule is CC(N)c1cc(F)ccc1N1CCC(O)CC1. The van der Waals surface area contributed by atoms with Gasteiger partial charge in [-0.2, -0.15) is 0 Å². The van der Waals surface area contributed by atoms with Crippen LogP contribution in [0.4, 0.5) is 10.1 Å². The number of nitrogens with zero attached hydrogens (tertiary/aromatic N) is 1. The van der Waals surface area contributed by atoms with Crippen LogP contribution in [-0.4, -0.2) is 24.3 Å². The molecule has 0 spiro atoms. The zero-order valence-corrected chi connectivity index (χ0v) is 10.1. The van der Waals surface area contributed by atoms with Gasteiger partial charge in [-0.3, -0.25) is 0 Å². The van der Waals surface area contributed by atoms with Crippen molar-refractivity contribution in [3.05, 3.63) is 29.6 Å². The van der Waals surface area contributed by atoms with Crippen LogP contribution in [0.15, 0.2) is 18.2 Å². The monoisotopic (exact) mass is 238 g/mol. The number of aliphatic hydroxyl groups is 1. The molecule has 1 aliphatic rings. The highest BCUT2D eigenvalue weighted by Gasteiger charge is 2.20. The summed E-state index contributed by atoms with van der Waals surface area (Å²) in [5.74, 6) is -0.252. The van der Waals surface area contributed by atoms with Crippen LogP contribution in [0.5, 0.6) is 0 Å². The largest absolute Gasteiger partial charge is 0.393 e. The van der Waals surface area contributed by atoms with Crippen molar-refractivity contribution in [2.75, 3.05) is 18.0 Å². The molecule has 1 heterocycles. The van der Waals surface area contributed by atoms with Crippen molar-refractivity contribution in [2.24, 2.45) is 5.73 Å². The van der Waals surface area contributed by atoms with Crippen molar-refractivity contribution >= 4 is 5.69 Å². The van der Waals surface area contributed by atoms with E-state index in [-0.39, 0.29) is 18.0 Å². The molecule has 3 N–H and O–H groups in total. The van der Waals surface area contributed by atoms with E-state index < -0.39 is 0 Å². The fraction of sp³-hybridized carbons (Fsp3) is 0.538. The molecule has 2 rings (SSSR count). The highest BCUT2D eigenvalue weighted by molar-refractivity contribution is 5.55. The lowest BCUT2D eigenvalue weighted by atomic mass is 10.0. The van der Waals surface area contributed by atoms with E-state index in [1.165, 1.54) is 12.1 Å². The number of anilines is 1. The lowest BCUT2D eigenvalue weighted by Crippen LogP contribution is -2.36. The number of piperidine rings is 1. The molecule has 0 saturated carbocycles. The number of aliphatic hydroxyl groups excluding tert-OH is 1. The Morgan fingerprint density at radius 3 is 2.65 bits per heavy atom. The van der Waals surface area contributed by atoms with Crippen LogP contribution in [0, 0.1) is 5.82 Å². The van der Waals surface area contributed by atoms with E-state index >= 15 is 0 Å². The summed E-state index contributed by atoms with van der Waals surface area (Å²) in [6.07, 6.45) is 1.32. The zero-order valence-electron chi connectivity index (χ0n) is 10.1. The van der Waals surface area contributed by atoms with E-state index in [9.17, 15) is 9.50 Å². The van der Waals surface area contributed by atoms with Gasteiger partial charge in [0.15, 0.2) is 0 Å². The first kappa shape index (κ1) is 12.3. The number of rotatable bonds is 2. The fourth-order valence-electron chi connectivity index (χ4n) is 2.28. The van der Waals surface area contributed by atoms with Gasteiger partial charge in [0.1, 0.15) is 5.82 Å².